The van der Waals surface area contributed by atoms with Crippen molar-refractivity contribution in [2.24, 2.45) is 0 Å². The molecule has 0 saturated carbocycles. The van der Waals surface area contributed by atoms with Gasteiger partial charge < -0.3 is 10.4 Å². The van der Waals surface area contributed by atoms with Crippen LogP contribution >= 0.6 is 12.4 Å². The van der Waals surface area contributed by atoms with Crippen LogP contribution in [0.25, 0.3) is 0 Å². The summed E-state index contributed by atoms with van der Waals surface area (Å²) >= 11 is 0. The third-order valence-corrected chi connectivity index (χ3v) is 2.12. The number of halogens is 1. The normalized spacial score (nSPS) is 24.3. The Balaban J connectivity index is 0.000001000. The van der Waals surface area contributed by atoms with Crippen molar-refractivity contribution in [3.63, 3.8) is 0 Å². The van der Waals surface area contributed by atoms with E-state index in [4.69, 9.17) is 5.11 Å². The van der Waals surface area contributed by atoms with Crippen LogP contribution in [0.1, 0.15) is 32.1 Å². The first-order valence-corrected chi connectivity index (χ1v) is 4.27. The van der Waals surface area contributed by atoms with E-state index in [0.29, 0.717) is 12.6 Å². The lowest BCUT2D eigenvalue weighted by atomic mass is 10.0. The van der Waals surface area contributed by atoms with Crippen molar-refractivity contribution in [1.82, 2.24) is 5.32 Å². The second-order valence-corrected chi connectivity index (χ2v) is 3.01. The molecule has 0 radical (unpaired) electrons. The van der Waals surface area contributed by atoms with Crippen LogP contribution in [0.3, 0.4) is 0 Å². The molecule has 3 heteroatoms. The molecule has 11 heavy (non-hydrogen) atoms. The number of rotatable bonds is 3. The summed E-state index contributed by atoms with van der Waals surface area (Å²) in [5.74, 6) is 0. The first-order chi connectivity index (χ1) is 4.93. The fourth-order valence-corrected chi connectivity index (χ4v) is 1.51. The molecule has 0 aromatic rings. The highest BCUT2D eigenvalue weighted by atomic mass is 35.5. The molecule has 1 heterocycles. The molecular formula is C8H18ClNO. The Bertz CT molecular complexity index is 84.2. The Morgan fingerprint density at radius 2 is 2.18 bits per heavy atom. The molecule has 68 valence electrons. The van der Waals surface area contributed by atoms with Crippen LogP contribution in [0.15, 0.2) is 0 Å². The summed E-state index contributed by atoms with van der Waals surface area (Å²) in [5, 5.41) is 12.0. The second-order valence-electron chi connectivity index (χ2n) is 3.01. The van der Waals surface area contributed by atoms with Gasteiger partial charge in [0.05, 0.1) is 0 Å². The van der Waals surface area contributed by atoms with Gasteiger partial charge in [-0.25, -0.2) is 0 Å². The number of hydrogen-bond acceptors (Lipinski definition) is 2. The van der Waals surface area contributed by atoms with Crippen molar-refractivity contribution in [3.05, 3.63) is 0 Å². The van der Waals surface area contributed by atoms with Crippen LogP contribution in [-0.4, -0.2) is 24.3 Å². The van der Waals surface area contributed by atoms with E-state index in [0.717, 1.165) is 12.8 Å². The molecule has 0 aliphatic carbocycles. The molecule has 2 N–H and O–H groups in total. The molecule has 1 unspecified atom stereocenters. The topological polar surface area (TPSA) is 32.3 Å². The monoisotopic (exact) mass is 179 g/mol. The van der Waals surface area contributed by atoms with Crippen molar-refractivity contribution in [1.29, 1.82) is 0 Å². The zero-order chi connectivity index (χ0) is 7.23. The summed E-state index contributed by atoms with van der Waals surface area (Å²) in [6.45, 7) is 1.52. The summed E-state index contributed by atoms with van der Waals surface area (Å²) in [5.41, 5.74) is 0. The van der Waals surface area contributed by atoms with Gasteiger partial charge in [-0.1, -0.05) is 6.42 Å². The molecule has 2 nitrogen and oxygen atoms in total. The lowest BCUT2D eigenvalue weighted by Gasteiger charge is -2.22. The molecule has 1 fully saturated rings. The highest BCUT2D eigenvalue weighted by molar-refractivity contribution is 5.85. The number of nitrogens with one attached hydrogen (secondary N) is 1. The number of aliphatic hydroxyl groups is 1. The molecule has 0 aromatic carbocycles. The van der Waals surface area contributed by atoms with E-state index < -0.39 is 0 Å². The highest BCUT2D eigenvalue weighted by Crippen LogP contribution is 2.10. The maximum Gasteiger partial charge on any atom is 0.0431 e. The summed E-state index contributed by atoms with van der Waals surface area (Å²) < 4.78 is 0. The number of piperidine rings is 1. The summed E-state index contributed by atoms with van der Waals surface area (Å²) in [6.07, 6.45) is 6.10. The van der Waals surface area contributed by atoms with Crippen LogP contribution in [-0.2, 0) is 0 Å². The molecule has 0 spiro atoms. The number of aliphatic hydroxyl groups excluding tert-OH is 1. The van der Waals surface area contributed by atoms with Crippen LogP contribution in [0.4, 0.5) is 0 Å². The lowest BCUT2D eigenvalue weighted by molar-refractivity contribution is 0.266. The van der Waals surface area contributed by atoms with Gasteiger partial charge in [0.15, 0.2) is 0 Å². The first-order valence-electron chi connectivity index (χ1n) is 4.27. The smallest absolute Gasteiger partial charge is 0.0431 e. The fourth-order valence-electron chi connectivity index (χ4n) is 1.51. The predicted octanol–water partition coefficient (Wildman–Crippen LogP) is 1.32. The minimum atomic E-state index is 0. The van der Waals surface area contributed by atoms with Crippen LogP contribution in [0.5, 0.6) is 0 Å². The third-order valence-electron chi connectivity index (χ3n) is 2.12. The van der Waals surface area contributed by atoms with E-state index in [9.17, 15) is 0 Å². The van der Waals surface area contributed by atoms with Crippen LogP contribution in [0.2, 0.25) is 0 Å². The molecule has 0 amide bonds. The van der Waals surface area contributed by atoms with Crippen molar-refractivity contribution in [2.75, 3.05) is 13.2 Å². The van der Waals surface area contributed by atoms with Gasteiger partial charge in [-0.15, -0.1) is 12.4 Å². The third kappa shape index (κ3) is 4.62. The molecule has 1 saturated heterocycles. The molecule has 0 bridgehead atoms. The quantitative estimate of drug-likeness (QED) is 0.685. The Morgan fingerprint density at radius 3 is 2.73 bits per heavy atom. The Kier molecular flexibility index (Phi) is 7.02. The zero-order valence-corrected chi connectivity index (χ0v) is 7.70. The Morgan fingerprint density at radius 1 is 1.36 bits per heavy atom. The summed E-state index contributed by atoms with van der Waals surface area (Å²) in [7, 11) is 0. The predicted molar refractivity (Wildman–Crippen MR) is 49.2 cm³/mol. The maximum absolute atomic E-state index is 8.57. The van der Waals surface area contributed by atoms with E-state index in [-0.39, 0.29) is 12.4 Å². The summed E-state index contributed by atoms with van der Waals surface area (Å²) in [6, 6.07) is 0.695. The van der Waals surface area contributed by atoms with Crippen molar-refractivity contribution < 1.29 is 5.11 Å². The van der Waals surface area contributed by atoms with Gasteiger partial charge in [-0.3, -0.25) is 0 Å². The lowest BCUT2D eigenvalue weighted by Crippen LogP contribution is -2.33. The standard InChI is InChI=1S/C8H17NO.ClH/c10-7-3-5-8-4-1-2-6-9-8;/h8-10H,1-7H2;1H. The van der Waals surface area contributed by atoms with Gasteiger partial charge in [0.1, 0.15) is 0 Å². The van der Waals surface area contributed by atoms with Crippen LogP contribution < -0.4 is 5.32 Å². The van der Waals surface area contributed by atoms with Crippen LogP contribution in [0, 0.1) is 0 Å². The average molecular weight is 180 g/mol. The molecule has 1 atom stereocenters. The average Bonchev–Trinajstić information content (AvgIpc) is 2.03. The van der Waals surface area contributed by atoms with Gasteiger partial charge in [-0.2, -0.15) is 0 Å². The minimum absolute atomic E-state index is 0. The largest absolute Gasteiger partial charge is 0.396 e. The fraction of sp³-hybridized carbons (Fsp3) is 1.00. The van der Waals surface area contributed by atoms with Gasteiger partial charge >= 0.3 is 0 Å². The van der Waals surface area contributed by atoms with Gasteiger partial charge in [-0.05, 0) is 32.2 Å². The minimum Gasteiger partial charge on any atom is -0.396 e. The van der Waals surface area contributed by atoms with Crippen molar-refractivity contribution in [3.8, 4) is 0 Å². The second kappa shape index (κ2) is 6.89. The van der Waals surface area contributed by atoms with E-state index in [2.05, 4.69) is 5.32 Å². The molecular weight excluding hydrogens is 162 g/mol. The van der Waals surface area contributed by atoms with Gasteiger partial charge in [0, 0.05) is 12.6 Å². The Hall–Kier alpha value is 0.210. The molecule has 1 aliphatic heterocycles. The Labute approximate surface area is 74.8 Å². The maximum atomic E-state index is 8.57. The van der Waals surface area contributed by atoms with E-state index >= 15 is 0 Å². The van der Waals surface area contributed by atoms with E-state index in [1.54, 1.807) is 0 Å². The summed E-state index contributed by atoms with van der Waals surface area (Å²) in [4.78, 5) is 0. The van der Waals surface area contributed by atoms with Gasteiger partial charge in [0.25, 0.3) is 0 Å². The zero-order valence-electron chi connectivity index (χ0n) is 6.88. The molecule has 1 aliphatic rings. The molecule has 1 rings (SSSR count). The molecule has 0 aromatic heterocycles. The first kappa shape index (κ1) is 11.2. The van der Waals surface area contributed by atoms with E-state index in [1.165, 1.54) is 25.8 Å². The SMILES string of the molecule is Cl.OCCCC1CCCCN1. The van der Waals surface area contributed by atoms with Gasteiger partial charge in [0.2, 0.25) is 0 Å². The van der Waals surface area contributed by atoms with E-state index in [1.807, 2.05) is 0 Å². The highest BCUT2D eigenvalue weighted by Gasteiger charge is 2.10. The number of hydrogen-bond donors (Lipinski definition) is 2. The van der Waals surface area contributed by atoms with Crippen molar-refractivity contribution >= 4 is 12.4 Å². The van der Waals surface area contributed by atoms with Crippen molar-refractivity contribution in [2.45, 2.75) is 38.1 Å².